The van der Waals surface area contributed by atoms with Crippen LogP contribution in [0.1, 0.15) is 0 Å². The normalized spacial score (nSPS) is 16.4. The van der Waals surface area contributed by atoms with Crippen LogP contribution in [0.25, 0.3) is 0 Å². The highest BCUT2D eigenvalue weighted by molar-refractivity contribution is 7.14. The number of benzene rings is 1. The maximum atomic E-state index is 14.2. The Bertz CT molecular complexity index is 563. The Balaban J connectivity index is 1.88. The number of thiophene rings is 1. The van der Waals surface area contributed by atoms with Crippen LogP contribution in [-0.4, -0.2) is 38.1 Å². The molecular weight excluding hydrogens is 273 g/mol. The number of likely N-dealkylation sites (N-methyl/N-ethyl adjacent to an activating group) is 1. The molecule has 1 fully saturated rings. The first-order valence-electron chi connectivity index (χ1n) is 6.76. The van der Waals surface area contributed by atoms with Crippen molar-refractivity contribution in [1.29, 1.82) is 0 Å². The lowest BCUT2D eigenvalue weighted by Crippen LogP contribution is -2.44. The molecule has 106 valence electrons. The number of para-hydroxylation sites is 1. The lowest BCUT2D eigenvalue weighted by Gasteiger charge is -2.35. The van der Waals surface area contributed by atoms with Gasteiger partial charge >= 0.3 is 0 Å². The molecule has 1 aromatic heterocycles. The summed E-state index contributed by atoms with van der Waals surface area (Å²) < 4.78 is 14.2. The number of rotatable bonds is 3. The summed E-state index contributed by atoms with van der Waals surface area (Å²) in [6.07, 6.45) is 0. The summed E-state index contributed by atoms with van der Waals surface area (Å²) in [5.41, 5.74) is 1.53. The second-order valence-electron chi connectivity index (χ2n) is 5.03. The molecule has 3 rings (SSSR count). The van der Waals surface area contributed by atoms with E-state index in [2.05, 4.69) is 22.2 Å². The molecule has 1 aromatic carbocycles. The third-order valence-electron chi connectivity index (χ3n) is 3.60. The second kappa shape index (κ2) is 5.81. The maximum absolute atomic E-state index is 14.2. The van der Waals surface area contributed by atoms with Crippen molar-refractivity contribution in [3.63, 3.8) is 0 Å². The largest absolute Gasteiger partial charge is 0.367 e. The van der Waals surface area contributed by atoms with Gasteiger partial charge in [0.2, 0.25) is 0 Å². The molecule has 1 N–H and O–H groups in total. The molecule has 5 heteroatoms. The molecule has 20 heavy (non-hydrogen) atoms. The van der Waals surface area contributed by atoms with E-state index in [1.807, 2.05) is 23.6 Å². The van der Waals surface area contributed by atoms with E-state index >= 15 is 0 Å². The van der Waals surface area contributed by atoms with Gasteiger partial charge in [-0.2, -0.15) is 0 Å². The lowest BCUT2D eigenvalue weighted by atomic mass is 10.2. The summed E-state index contributed by atoms with van der Waals surface area (Å²) in [5, 5.41) is 6.17. The van der Waals surface area contributed by atoms with E-state index in [0.29, 0.717) is 5.69 Å². The van der Waals surface area contributed by atoms with Crippen molar-refractivity contribution in [2.75, 3.05) is 43.4 Å². The number of halogens is 1. The van der Waals surface area contributed by atoms with Crippen molar-refractivity contribution in [1.82, 2.24) is 4.90 Å². The average molecular weight is 291 g/mol. The number of hydrogen-bond donors (Lipinski definition) is 1. The van der Waals surface area contributed by atoms with E-state index in [9.17, 15) is 4.39 Å². The minimum Gasteiger partial charge on any atom is -0.367 e. The van der Waals surface area contributed by atoms with Crippen LogP contribution in [0.3, 0.4) is 0 Å². The van der Waals surface area contributed by atoms with Crippen LogP contribution in [0.15, 0.2) is 35.7 Å². The average Bonchev–Trinajstić information content (AvgIpc) is 2.95. The predicted octanol–water partition coefficient (Wildman–Crippen LogP) is 3.38. The fourth-order valence-electron chi connectivity index (χ4n) is 2.42. The van der Waals surface area contributed by atoms with Crippen LogP contribution in [0, 0.1) is 5.82 Å². The Morgan fingerprint density at radius 1 is 1.10 bits per heavy atom. The summed E-state index contributed by atoms with van der Waals surface area (Å²) in [6.45, 7) is 3.88. The van der Waals surface area contributed by atoms with Gasteiger partial charge in [-0.3, -0.25) is 0 Å². The van der Waals surface area contributed by atoms with Gasteiger partial charge in [0.1, 0.15) is 5.82 Å². The standard InChI is InChI=1S/C15H18FN3S/c1-18-7-9-19(10-8-18)13-5-2-4-12(16)15(13)17-14-6-3-11-20-14/h2-6,11,17H,7-10H2,1H3. The number of nitrogens with one attached hydrogen (secondary N) is 1. The first kappa shape index (κ1) is 13.4. The van der Waals surface area contributed by atoms with Gasteiger partial charge < -0.3 is 15.1 Å². The molecular formula is C15H18FN3S. The quantitative estimate of drug-likeness (QED) is 0.935. The third-order valence-corrected chi connectivity index (χ3v) is 4.39. The zero-order valence-corrected chi connectivity index (χ0v) is 12.3. The summed E-state index contributed by atoms with van der Waals surface area (Å²) in [6, 6.07) is 9.21. The monoisotopic (exact) mass is 291 g/mol. The molecule has 3 nitrogen and oxygen atoms in total. The van der Waals surface area contributed by atoms with Crippen molar-refractivity contribution in [3.05, 3.63) is 41.5 Å². The van der Waals surface area contributed by atoms with E-state index in [1.54, 1.807) is 17.4 Å². The Morgan fingerprint density at radius 3 is 2.60 bits per heavy atom. The molecule has 2 heterocycles. The van der Waals surface area contributed by atoms with Crippen LogP contribution in [0.5, 0.6) is 0 Å². The Hall–Kier alpha value is -1.59. The minimum atomic E-state index is -0.199. The molecule has 1 aliphatic rings. The minimum absolute atomic E-state index is 0.199. The number of piperazine rings is 1. The lowest BCUT2D eigenvalue weighted by molar-refractivity contribution is 0.313. The van der Waals surface area contributed by atoms with Crippen LogP contribution in [0.4, 0.5) is 20.8 Å². The van der Waals surface area contributed by atoms with Gasteiger partial charge in [0.25, 0.3) is 0 Å². The van der Waals surface area contributed by atoms with E-state index < -0.39 is 0 Å². The second-order valence-corrected chi connectivity index (χ2v) is 5.97. The Labute approximate surface area is 122 Å². The van der Waals surface area contributed by atoms with Gasteiger partial charge in [0.05, 0.1) is 16.4 Å². The third kappa shape index (κ3) is 2.78. The molecule has 0 radical (unpaired) electrons. The molecule has 0 amide bonds. The smallest absolute Gasteiger partial charge is 0.148 e. The molecule has 2 aromatic rings. The maximum Gasteiger partial charge on any atom is 0.148 e. The van der Waals surface area contributed by atoms with E-state index in [-0.39, 0.29) is 5.82 Å². The molecule has 0 bridgehead atoms. The van der Waals surface area contributed by atoms with Crippen molar-refractivity contribution in [2.24, 2.45) is 0 Å². The van der Waals surface area contributed by atoms with E-state index in [1.165, 1.54) is 6.07 Å². The summed E-state index contributed by atoms with van der Waals surface area (Å²) in [5.74, 6) is -0.199. The summed E-state index contributed by atoms with van der Waals surface area (Å²) in [7, 11) is 2.12. The van der Waals surface area contributed by atoms with Gasteiger partial charge in [-0.25, -0.2) is 4.39 Å². The van der Waals surface area contributed by atoms with E-state index in [4.69, 9.17) is 0 Å². The van der Waals surface area contributed by atoms with Crippen molar-refractivity contribution in [2.45, 2.75) is 0 Å². The van der Waals surface area contributed by atoms with Gasteiger partial charge in [0, 0.05) is 26.2 Å². The Kier molecular flexibility index (Phi) is 3.89. The van der Waals surface area contributed by atoms with Crippen molar-refractivity contribution in [3.8, 4) is 0 Å². The number of anilines is 3. The van der Waals surface area contributed by atoms with Gasteiger partial charge in [-0.05, 0) is 36.7 Å². The first-order valence-corrected chi connectivity index (χ1v) is 7.64. The zero-order chi connectivity index (χ0) is 13.9. The highest BCUT2D eigenvalue weighted by Gasteiger charge is 2.19. The fourth-order valence-corrected chi connectivity index (χ4v) is 3.04. The SMILES string of the molecule is CN1CCN(c2cccc(F)c2Nc2cccs2)CC1. The molecule has 1 aliphatic heterocycles. The van der Waals surface area contributed by atoms with Crippen LogP contribution >= 0.6 is 11.3 Å². The van der Waals surface area contributed by atoms with Gasteiger partial charge in [-0.1, -0.05) is 6.07 Å². The number of hydrogen-bond acceptors (Lipinski definition) is 4. The molecule has 0 saturated carbocycles. The molecule has 0 aliphatic carbocycles. The molecule has 0 unspecified atom stereocenters. The first-order chi connectivity index (χ1) is 9.74. The Morgan fingerprint density at radius 2 is 1.90 bits per heavy atom. The number of nitrogens with zero attached hydrogens (tertiary/aromatic N) is 2. The van der Waals surface area contributed by atoms with Gasteiger partial charge in [0.15, 0.2) is 0 Å². The summed E-state index contributed by atoms with van der Waals surface area (Å²) >= 11 is 1.58. The van der Waals surface area contributed by atoms with E-state index in [0.717, 1.165) is 36.9 Å². The van der Waals surface area contributed by atoms with Crippen LogP contribution in [0.2, 0.25) is 0 Å². The fraction of sp³-hybridized carbons (Fsp3) is 0.333. The van der Waals surface area contributed by atoms with Crippen molar-refractivity contribution < 1.29 is 4.39 Å². The predicted molar refractivity (Wildman–Crippen MR) is 83.7 cm³/mol. The van der Waals surface area contributed by atoms with Crippen LogP contribution < -0.4 is 10.2 Å². The summed E-state index contributed by atoms with van der Waals surface area (Å²) in [4.78, 5) is 4.54. The molecule has 0 spiro atoms. The zero-order valence-electron chi connectivity index (χ0n) is 11.5. The topological polar surface area (TPSA) is 18.5 Å². The highest BCUT2D eigenvalue weighted by Crippen LogP contribution is 2.33. The van der Waals surface area contributed by atoms with Gasteiger partial charge in [-0.15, -0.1) is 11.3 Å². The highest BCUT2D eigenvalue weighted by atomic mass is 32.1. The molecule has 0 atom stereocenters. The van der Waals surface area contributed by atoms with Crippen LogP contribution in [-0.2, 0) is 0 Å². The molecule has 1 saturated heterocycles. The van der Waals surface area contributed by atoms with Crippen molar-refractivity contribution >= 4 is 27.7 Å².